The van der Waals surface area contributed by atoms with Crippen molar-refractivity contribution in [1.82, 2.24) is 15.1 Å². The van der Waals surface area contributed by atoms with Crippen LogP contribution in [0.2, 0.25) is 0 Å². The number of anilines is 1. The van der Waals surface area contributed by atoms with Gasteiger partial charge in [0.25, 0.3) is 5.91 Å². The third kappa shape index (κ3) is 4.21. The minimum absolute atomic E-state index is 0.163. The fraction of sp³-hybridized carbons (Fsp3) is 0.333. The highest BCUT2D eigenvalue weighted by Gasteiger charge is 2.30. The number of benzene rings is 2. The summed E-state index contributed by atoms with van der Waals surface area (Å²) in [6, 6.07) is 9.83. The number of fused-ring (bicyclic) bond motifs is 1. The van der Waals surface area contributed by atoms with E-state index in [4.69, 9.17) is 0 Å². The topological polar surface area (TPSA) is 79.2 Å². The van der Waals surface area contributed by atoms with Crippen molar-refractivity contribution >= 4 is 22.5 Å². The summed E-state index contributed by atoms with van der Waals surface area (Å²) in [5.41, 5.74) is 1.46. The maximum atomic E-state index is 13.2. The molecule has 148 valence electrons. The van der Waals surface area contributed by atoms with Gasteiger partial charge in [-0.05, 0) is 68.8 Å². The second kappa shape index (κ2) is 8.08. The summed E-state index contributed by atoms with van der Waals surface area (Å²) in [6.45, 7) is 6.31. The molecule has 2 aromatic carbocycles. The van der Waals surface area contributed by atoms with Crippen molar-refractivity contribution in [2.24, 2.45) is 0 Å². The number of amides is 1. The van der Waals surface area contributed by atoms with E-state index in [0.717, 1.165) is 35.1 Å². The molecule has 6 nitrogen and oxygen atoms in total. The van der Waals surface area contributed by atoms with Gasteiger partial charge in [0.2, 0.25) is 0 Å². The van der Waals surface area contributed by atoms with Crippen molar-refractivity contribution in [2.75, 3.05) is 18.4 Å². The Labute approximate surface area is 163 Å². The van der Waals surface area contributed by atoms with Crippen LogP contribution < -0.4 is 10.6 Å². The molecule has 0 bridgehead atoms. The average Bonchev–Trinajstić information content (AvgIpc) is 3.06. The molecule has 28 heavy (non-hydrogen) atoms. The standard InChI is InChI=1S/C21H25FN4O2/c1-4-9-23-13-21(3,28)20(27)25-18-10-14(2)11-19-17(18)12-24-26(19)16-7-5-15(22)6-8-16/h5-8,10-12,23,28H,4,9,13H2,1-3H3,(H,25,27). The zero-order valence-electron chi connectivity index (χ0n) is 16.3. The van der Waals surface area contributed by atoms with Gasteiger partial charge in [-0.15, -0.1) is 0 Å². The fourth-order valence-corrected chi connectivity index (χ4v) is 3.00. The van der Waals surface area contributed by atoms with Crippen molar-refractivity contribution in [1.29, 1.82) is 0 Å². The highest BCUT2D eigenvalue weighted by Crippen LogP contribution is 2.28. The first-order chi connectivity index (χ1) is 13.3. The van der Waals surface area contributed by atoms with Gasteiger partial charge in [-0.25, -0.2) is 9.07 Å². The normalized spacial score (nSPS) is 13.5. The Balaban J connectivity index is 1.92. The molecule has 0 aliphatic carbocycles. The maximum Gasteiger partial charge on any atom is 0.257 e. The number of aryl methyl sites for hydroxylation is 1. The number of hydrogen-bond acceptors (Lipinski definition) is 4. The molecule has 0 aliphatic heterocycles. The molecule has 0 saturated heterocycles. The number of carbonyl (C=O) groups is 1. The van der Waals surface area contributed by atoms with Crippen LogP contribution in [0.3, 0.4) is 0 Å². The van der Waals surface area contributed by atoms with Crippen molar-refractivity contribution in [2.45, 2.75) is 32.8 Å². The van der Waals surface area contributed by atoms with Crippen LogP contribution in [0.1, 0.15) is 25.8 Å². The van der Waals surface area contributed by atoms with E-state index in [0.29, 0.717) is 5.69 Å². The molecular weight excluding hydrogens is 359 g/mol. The monoisotopic (exact) mass is 384 g/mol. The van der Waals surface area contributed by atoms with E-state index >= 15 is 0 Å². The van der Waals surface area contributed by atoms with Gasteiger partial charge in [0, 0.05) is 11.9 Å². The van der Waals surface area contributed by atoms with Crippen LogP contribution in [0.4, 0.5) is 10.1 Å². The van der Waals surface area contributed by atoms with Gasteiger partial charge >= 0.3 is 0 Å². The number of hydrogen-bond donors (Lipinski definition) is 3. The molecule has 1 heterocycles. The van der Waals surface area contributed by atoms with Gasteiger partial charge in [0.1, 0.15) is 5.82 Å². The van der Waals surface area contributed by atoms with Gasteiger partial charge in [-0.1, -0.05) is 6.92 Å². The quantitative estimate of drug-likeness (QED) is 0.547. The molecule has 1 atom stereocenters. The predicted molar refractivity (Wildman–Crippen MR) is 108 cm³/mol. The minimum atomic E-state index is -1.54. The highest BCUT2D eigenvalue weighted by atomic mass is 19.1. The van der Waals surface area contributed by atoms with Gasteiger partial charge in [0.15, 0.2) is 5.60 Å². The number of nitrogens with zero attached hydrogens (tertiary/aromatic N) is 2. The van der Waals surface area contributed by atoms with E-state index in [2.05, 4.69) is 15.7 Å². The first-order valence-electron chi connectivity index (χ1n) is 9.30. The van der Waals surface area contributed by atoms with Crippen molar-refractivity contribution in [3.05, 3.63) is 54.0 Å². The SMILES string of the molecule is CCCNCC(C)(O)C(=O)Nc1cc(C)cc2c1cnn2-c1ccc(F)cc1. The summed E-state index contributed by atoms with van der Waals surface area (Å²) in [7, 11) is 0. The highest BCUT2D eigenvalue weighted by molar-refractivity contribution is 6.04. The summed E-state index contributed by atoms with van der Waals surface area (Å²) in [5, 5.41) is 21.5. The Morgan fingerprint density at radius 1 is 1.29 bits per heavy atom. The first-order valence-corrected chi connectivity index (χ1v) is 9.30. The molecular formula is C21H25FN4O2. The number of carbonyl (C=O) groups excluding carboxylic acids is 1. The summed E-state index contributed by atoms with van der Waals surface area (Å²) >= 11 is 0. The molecule has 3 aromatic rings. The van der Waals surface area contributed by atoms with Gasteiger partial charge < -0.3 is 15.7 Å². The largest absolute Gasteiger partial charge is 0.379 e. The average molecular weight is 384 g/mol. The smallest absolute Gasteiger partial charge is 0.257 e. The van der Waals surface area contributed by atoms with E-state index in [-0.39, 0.29) is 12.4 Å². The molecule has 3 N–H and O–H groups in total. The van der Waals surface area contributed by atoms with E-state index in [9.17, 15) is 14.3 Å². The number of aliphatic hydroxyl groups is 1. The lowest BCUT2D eigenvalue weighted by molar-refractivity contribution is -0.131. The van der Waals surface area contributed by atoms with Crippen molar-refractivity contribution in [3.63, 3.8) is 0 Å². The molecule has 0 saturated carbocycles. The van der Waals surface area contributed by atoms with Crippen LogP contribution in [-0.4, -0.2) is 39.5 Å². The molecule has 7 heteroatoms. The Hall–Kier alpha value is -2.77. The number of rotatable bonds is 7. The lowest BCUT2D eigenvalue weighted by Gasteiger charge is -2.23. The summed E-state index contributed by atoms with van der Waals surface area (Å²) in [4.78, 5) is 12.6. The van der Waals surface area contributed by atoms with E-state index in [1.54, 1.807) is 23.0 Å². The molecule has 1 aromatic heterocycles. The Morgan fingerprint density at radius 3 is 2.68 bits per heavy atom. The lowest BCUT2D eigenvalue weighted by atomic mass is 10.1. The maximum absolute atomic E-state index is 13.2. The Bertz CT molecular complexity index is 980. The third-order valence-electron chi connectivity index (χ3n) is 4.54. The predicted octanol–water partition coefficient (Wildman–Crippen LogP) is 3.16. The number of halogens is 1. The number of nitrogens with one attached hydrogen (secondary N) is 2. The molecule has 1 amide bonds. The van der Waals surface area contributed by atoms with E-state index in [1.165, 1.54) is 19.1 Å². The van der Waals surface area contributed by atoms with E-state index < -0.39 is 11.5 Å². The van der Waals surface area contributed by atoms with Gasteiger partial charge in [-0.3, -0.25) is 4.79 Å². The van der Waals surface area contributed by atoms with Crippen molar-refractivity contribution < 1.29 is 14.3 Å². The fourth-order valence-electron chi connectivity index (χ4n) is 3.00. The van der Waals surface area contributed by atoms with Gasteiger partial charge in [0.05, 0.1) is 23.1 Å². The molecule has 0 spiro atoms. The summed E-state index contributed by atoms with van der Waals surface area (Å²) in [5.74, 6) is -0.805. The third-order valence-corrected chi connectivity index (χ3v) is 4.54. The van der Waals surface area contributed by atoms with Crippen LogP contribution in [0.15, 0.2) is 42.6 Å². The summed E-state index contributed by atoms with van der Waals surface area (Å²) < 4.78 is 14.9. The minimum Gasteiger partial charge on any atom is -0.379 e. The lowest BCUT2D eigenvalue weighted by Crippen LogP contribution is -2.48. The zero-order valence-corrected chi connectivity index (χ0v) is 16.3. The first kappa shape index (κ1) is 20.0. The second-order valence-corrected chi connectivity index (χ2v) is 7.18. The Kier molecular flexibility index (Phi) is 5.76. The van der Waals surface area contributed by atoms with Crippen LogP contribution in [0.5, 0.6) is 0 Å². The second-order valence-electron chi connectivity index (χ2n) is 7.18. The van der Waals surface area contributed by atoms with Gasteiger partial charge in [-0.2, -0.15) is 5.10 Å². The van der Waals surface area contributed by atoms with Crippen molar-refractivity contribution in [3.8, 4) is 5.69 Å². The molecule has 1 unspecified atom stereocenters. The number of aromatic nitrogens is 2. The Morgan fingerprint density at radius 2 is 2.00 bits per heavy atom. The van der Waals surface area contributed by atoms with Crippen LogP contribution >= 0.6 is 0 Å². The van der Waals surface area contributed by atoms with Crippen LogP contribution in [-0.2, 0) is 4.79 Å². The van der Waals surface area contributed by atoms with E-state index in [1.807, 2.05) is 26.0 Å². The van der Waals surface area contributed by atoms with Crippen LogP contribution in [0.25, 0.3) is 16.6 Å². The summed E-state index contributed by atoms with van der Waals surface area (Å²) in [6.07, 6.45) is 2.57. The molecule has 0 radical (unpaired) electrons. The molecule has 0 fully saturated rings. The molecule has 0 aliphatic rings. The zero-order chi connectivity index (χ0) is 20.3. The van der Waals surface area contributed by atoms with Crippen LogP contribution in [0, 0.1) is 12.7 Å². The molecule has 3 rings (SSSR count).